The van der Waals surface area contributed by atoms with Crippen LogP contribution in [0.5, 0.6) is 0 Å². The lowest BCUT2D eigenvalue weighted by Gasteiger charge is -2.36. The quantitative estimate of drug-likeness (QED) is 0.833. The summed E-state index contributed by atoms with van der Waals surface area (Å²) in [6, 6.07) is 8.97. The van der Waals surface area contributed by atoms with Crippen molar-refractivity contribution in [2.45, 2.75) is 6.04 Å². The van der Waals surface area contributed by atoms with Gasteiger partial charge in [0.25, 0.3) is 0 Å². The molecule has 2 aromatic rings. The summed E-state index contributed by atoms with van der Waals surface area (Å²) in [4.78, 5) is 2.34. The third-order valence-electron chi connectivity index (χ3n) is 2.99. The number of aromatic nitrogens is 1. The van der Waals surface area contributed by atoms with Gasteiger partial charge in [0.2, 0.25) is 0 Å². The Kier molecular flexibility index (Phi) is 2.11. The molecule has 1 fully saturated rings. The molecule has 1 aromatic carbocycles. The highest BCUT2D eigenvalue weighted by Crippen LogP contribution is 2.31. The van der Waals surface area contributed by atoms with Gasteiger partial charge in [-0.05, 0) is 23.7 Å². The van der Waals surface area contributed by atoms with Crippen molar-refractivity contribution < 1.29 is 0 Å². The normalized spacial score (nSPS) is 16.6. The van der Waals surface area contributed by atoms with Crippen LogP contribution >= 0.6 is 11.5 Å². The van der Waals surface area contributed by atoms with Gasteiger partial charge in [-0.2, -0.15) is 4.37 Å². The van der Waals surface area contributed by atoms with E-state index in [-0.39, 0.29) is 0 Å². The van der Waals surface area contributed by atoms with Crippen LogP contribution in [-0.4, -0.2) is 30.6 Å². The zero-order chi connectivity index (χ0) is 10.3. The number of fused-ring (bicyclic) bond motifs is 1. The Hall–Kier alpha value is -1.13. The summed E-state index contributed by atoms with van der Waals surface area (Å²) in [5, 5.41) is 5.86. The number of rotatable bonds is 2. The van der Waals surface area contributed by atoms with Gasteiger partial charge in [0.05, 0.1) is 11.6 Å². The van der Waals surface area contributed by atoms with E-state index < -0.39 is 0 Å². The molecule has 1 saturated heterocycles. The van der Waals surface area contributed by atoms with E-state index in [1.54, 1.807) is 11.5 Å². The lowest BCUT2D eigenvalue weighted by Crippen LogP contribution is -2.56. The molecule has 0 unspecified atom stereocenters. The van der Waals surface area contributed by atoms with Crippen molar-refractivity contribution in [2.24, 2.45) is 0 Å². The summed E-state index contributed by atoms with van der Waals surface area (Å²) in [5.74, 6) is 0. The number of nitrogens with zero attached hydrogens (tertiary/aromatic N) is 2. The summed E-state index contributed by atoms with van der Waals surface area (Å²) < 4.78 is 4.46. The SMILES string of the molecule is CN(c1snc2ccccc12)C1CNC1. The highest BCUT2D eigenvalue weighted by Gasteiger charge is 2.24. The maximum absolute atomic E-state index is 4.46. The molecule has 3 rings (SSSR count). The smallest absolute Gasteiger partial charge is 0.120 e. The number of likely N-dealkylation sites (N-methyl/N-ethyl adjacent to an activating group) is 1. The van der Waals surface area contributed by atoms with Crippen molar-refractivity contribution in [1.82, 2.24) is 9.69 Å². The maximum Gasteiger partial charge on any atom is 0.120 e. The molecule has 0 saturated carbocycles. The second-order valence-electron chi connectivity index (χ2n) is 3.93. The number of hydrogen-bond acceptors (Lipinski definition) is 4. The van der Waals surface area contributed by atoms with Gasteiger partial charge >= 0.3 is 0 Å². The Morgan fingerprint density at radius 1 is 1.40 bits per heavy atom. The molecule has 4 heteroatoms. The third-order valence-corrected chi connectivity index (χ3v) is 3.96. The van der Waals surface area contributed by atoms with E-state index in [2.05, 4.69) is 39.8 Å². The van der Waals surface area contributed by atoms with Crippen LogP contribution in [0.2, 0.25) is 0 Å². The topological polar surface area (TPSA) is 28.2 Å². The van der Waals surface area contributed by atoms with E-state index in [0.717, 1.165) is 18.6 Å². The van der Waals surface area contributed by atoms with Gasteiger partial charge in [-0.25, -0.2) is 0 Å². The maximum atomic E-state index is 4.46. The van der Waals surface area contributed by atoms with Crippen molar-refractivity contribution in [3.8, 4) is 0 Å². The van der Waals surface area contributed by atoms with Crippen molar-refractivity contribution in [3.63, 3.8) is 0 Å². The second kappa shape index (κ2) is 3.47. The zero-order valence-electron chi connectivity index (χ0n) is 8.60. The van der Waals surface area contributed by atoms with E-state index in [1.165, 1.54) is 10.4 Å². The molecule has 0 atom stereocenters. The van der Waals surface area contributed by atoms with E-state index in [1.807, 2.05) is 6.07 Å². The first kappa shape index (κ1) is 9.12. The predicted molar refractivity (Wildman–Crippen MR) is 64.7 cm³/mol. The molecule has 3 nitrogen and oxygen atoms in total. The average Bonchev–Trinajstić information content (AvgIpc) is 2.58. The molecule has 1 aliphatic rings. The van der Waals surface area contributed by atoms with Crippen LogP contribution in [0, 0.1) is 0 Å². The lowest BCUT2D eigenvalue weighted by molar-refractivity contribution is 0.430. The Balaban J connectivity index is 2.02. The molecule has 0 bridgehead atoms. The number of benzene rings is 1. The molecule has 0 aliphatic carbocycles. The summed E-state index contributed by atoms with van der Waals surface area (Å²) >= 11 is 1.60. The van der Waals surface area contributed by atoms with Crippen LogP contribution in [0.25, 0.3) is 10.9 Å². The molecular weight excluding hydrogens is 206 g/mol. The Labute approximate surface area is 92.9 Å². The molecule has 0 radical (unpaired) electrons. The minimum absolute atomic E-state index is 0.633. The Morgan fingerprint density at radius 2 is 2.20 bits per heavy atom. The fraction of sp³-hybridized carbons (Fsp3) is 0.364. The van der Waals surface area contributed by atoms with Crippen LogP contribution in [0.4, 0.5) is 5.00 Å². The Morgan fingerprint density at radius 3 is 2.93 bits per heavy atom. The van der Waals surface area contributed by atoms with Crippen molar-refractivity contribution in [2.75, 3.05) is 25.0 Å². The van der Waals surface area contributed by atoms with Gasteiger partial charge in [0.1, 0.15) is 5.00 Å². The fourth-order valence-electron chi connectivity index (χ4n) is 1.84. The van der Waals surface area contributed by atoms with Gasteiger partial charge in [-0.1, -0.05) is 12.1 Å². The first-order valence-electron chi connectivity index (χ1n) is 5.14. The number of hydrogen-bond donors (Lipinski definition) is 1. The lowest BCUT2D eigenvalue weighted by atomic mass is 10.1. The Bertz CT molecular complexity index is 475. The van der Waals surface area contributed by atoms with Crippen LogP contribution < -0.4 is 10.2 Å². The van der Waals surface area contributed by atoms with Crippen molar-refractivity contribution in [3.05, 3.63) is 24.3 Å². The van der Waals surface area contributed by atoms with Gasteiger partial charge < -0.3 is 10.2 Å². The summed E-state index contributed by atoms with van der Waals surface area (Å²) in [6.07, 6.45) is 0. The molecule has 1 aromatic heterocycles. The number of nitrogens with one attached hydrogen (secondary N) is 1. The molecule has 15 heavy (non-hydrogen) atoms. The van der Waals surface area contributed by atoms with Crippen LogP contribution in [0.15, 0.2) is 24.3 Å². The summed E-state index contributed by atoms with van der Waals surface area (Å²) in [6.45, 7) is 2.17. The van der Waals surface area contributed by atoms with E-state index in [9.17, 15) is 0 Å². The molecule has 0 spiro atoms. The minimum atomic E-state index is 0.633. The minimum Gasteiger partial charge on any atom is -0.359 e. The molecule has 0 amide bonds. The fourth-order valence-corrected chi connectivity index (χ4v) is 2.74. The van der Waals surface area contributed by atoms with Crippen LogP contribution in [-0.2, 0) is 0 Å². The molecular formula is C11H13N3S. The summed E-state index contributed by atoms with van der Waals surface area (Å²) in [7, 11) is 2.16. The van der Waals surface area contributed by atoms with Gasteiger partial charge in [-0.15, -0.1) is 0 Å². The van der Waals surface area contributed by atoms with Crippen LogP contribution in [0.1, 0.15) is 0 Å². The molecule has 2 heterocycles. The summed E-state index contributed by atoms with van der Waals surface area (Å²) in [5.41, 5.74) is 1.11. The standard InChI is InChI=1S/C11H13N3S/c1-14(8-6-12-7-8)11-9-4-2-3-5-10(9)13-15-11/h2-5,8,12H,6-7H2,1H3. The van der Waals surface area contributed by atoms with E-state index in [0.29, 0.717) is 6.04 Å². The monoisotopic (exact) mass is 219 g/mol. The van der Waals surface area contributed by atoms with Crippen molar-refractivity contribution >= 4 is 27.4 Å². The average molecular weight is 219 g/mol. The molecule has 1 aliphatic heterocycles. The van der Waals surface area contributed by atoms with Gasteiger partial charge in [-0.3, -0.25) is 0 Å². The largest absolute Gasteiger partial charge is 0.359 e. The first-order chi connectivity index (χ1) is 7.36. The van der Waals surface area contributed by atoms with Crippen LogP contribution in [0.3, 0.4) is 0 Å². The third kappa shape index (κ3) is 1.41. The van der Waals surface area contributed by atoms with Crippen molar-refractivity contribution in [1.29, 1.82) is 0 Å². The highest BCUT2D eigenvalue weighted by molar-refractivity contribution is 7.11. The van der Waals surface area contributed by atoms with E-state index in [4.69, 9.17) is 0 Å². The van der Waals surface area contributed by atoms with Gasteiger partial charge in [0.15, 0.2) is 0 Å². The van der Waals surface area contributed by atoms with Gasteiger partial charge in [0, 0.05) is 25.5 Å². The highest BCUT2D eigenvalue weighted by atomic mass is 32.1. The van der Waals surface area contributed by atoms with E-state index >= 15 is 0 Å². The number of anilines is 1. The zero-order valence-corrected chi connectivity index (χ0v) is 9.42. The first-order valence-corrected chi connectivity index (χ1v) is 5.91. The predicted octanol–water partition coefficient (Wildman–Crippen LogP) is 1.70. The molecule has 1 N–H and O–H groups in total. The molecule has 78 valence electrons. The second-order valence-corrected chi connectivity index (χ2v) is 4.68.